The largest absolute Gasteiger partial charge is 0.463 e. The van der Waals surface area contributed by atoms with E-state index < -0.39 is 0 Å². The van der Waals surface area contributed by atoms with Crippen molar-refractivity contribution in [3.63, 3.8) is 0 Å². The first-order chi connectivity index (χ1) is 5.20. The van der Waals surface area contributed by atoms with Crippen LogP contribution < -0.4 is 0 Å². The van der Waals surface area contributed by atoms with Crippen LogP contribution in [0.4, 0.5) is 0 Å². The monoisotopic (exact) mass is 178 g/mol. The van der Waals surface area contributed by atoms with E-state index in [-0.39, 0.29) is 12.1 Å². The topological polar surface area (TPSA) is 26.3 Å². The van der Waals surface area contributed by atoms with Crippen molar-refractivity contribution in [1.82, 2.24) is 0 Å². The highest BCUT2D eigenvalue weighted by Gasteiger charge is 2.05. The number of hydrogen-bond donors (Lipinski definition) is 0. The Morgan fingerprint density at radius 2 is 2.27 bits per heavy atom. The highest BCUT2D eigenvalue weighted by atomic mass is 35.5. The van der Waals surface area contributed by atoms with Crippen molar-refractivity contribution in [3.8, 4) is 0 Å². The van der Waals surface area contributed by atoms with E-state index in [4.69, 9.17) is 16.3 Å². The Bertz CT molecular complexity index is 115. The van der Waals surface area contributed by atoms with Crippen molar-refractivity contribution in [3.05, 3.63) is 0 Å². The van der Waals surface area contributed by atoms with Gasteiger partial charge in [-0.3, -0.25) is 4.79 Å². The average Bonchev–Trinajstić information content (AvgIpc) is 2.00. The van der Waals surface area contributed by atoms with Crippen LogP contribution in [0.5, 0.6) is 0 Å². The molecular formula is C8H15ClO2. The summed E-state index contributed by atoms with van der Waals surface area (Å²) in [6, 6.07) is 0. The summed E-state index contributed by atoms with van der Waals surface area (Å²) in [6.45, 7) is 3.87. The Labute approximate surface area is 72.9 Å². The summed E-state index contributed by atoms with van der Waals surface area (Å²) in [7, 11) is 0. The van der Waals surface area contributed by atoms with Gasteiger partial charge in [0.2, 0.25) is 0 Å². The van der Waals surface area contributed by atoms with Crippen molar-refractivity contribution in [2.75, 3.05) is 5.88 Å². The van der Waals surface area contributed by atoms with Gasteiger partial charge in [0.25, 0.3) is 0 Å². The lowest BCUT2D eigenvalue weighted by Gasteiger charge is -2.09. The molecule has 0 amide bonds. The molecule has 0 spiro atoms. The molecule has 3 heteroatoms. The minimum absolute atomic E-state index is 0.0397. The number of halogens is 1. The smallest absolute Gasteiger partial charge is 0.306 e. The van der Waals surface area contributed by atoms with E-state index in [1.807, 2.05) is 13.8 Å². The fraction of sp³-hybridized carbons (Fsp3) is 0.875. The first-order valence-electron chi connectivity index (χ1n) is 3.96. The molecule has 0 saturated carbocycles. The highest BCUT2D eigenvalue weighted by Crippen LogP contribution is 2.01. The third-order valence-electron chi connectivity index (χ3n) is 1.42. The molecule has 11 heavy (non-hydrogen) atoms. The Kier molecular flexibility index (Phi) is 6.33. The summed E-state index contributed by atoms with van der Waals surface area (Å²) in [5.74, 6) is 0.385. The second-order valence-corrected chi connectivity index (χ2v) is 2.88. The van der Waals surface area contributed by atoms with Crippen LogP contribution in [0, 0.1) is 0 Å². The third kappa shape index (κ3) is 6.17. The van der Waals surface area contributed by atoms with Crippen molar-refractivity contribution in [2.24, 2.45) is 0 Å². The number of esters is 1. The normalized spacial score (nSPS) is 12.6. The quantitative estimate of drug-likeness (QED) is 0.477. The van der Waals surface area contributed by atoms with Crippen molar-refractivity contribution in [2.45, 2.75) is 39.2 Å². The number of alkyl halides is 1. The van der Waals surface area contributed by atoms with Crippen LogP contribution in [0.2, 0.25) is 0 Å². The van der Waals surface area contributed by atoms with Crippen LogP contribution in [-0.2, 0) is 9.53 Å². The second kappa shape index (κ2) is 6.47. The van der Waals surface area contributed by atoms with Gasteiger partial charge in [-0.1, -0.05) is 6.92 Å². The number of ether oxygens (including phenoxy) is 1. The molecule has 0 rings (SSSR count). The van der Waals surface area contributed by atoms with Gasteiger partial charge in [0, 0.05) is 12.3 Å². The number of carbonyl (C=O) groups is 1. The zero-order valence-electron chi connectivity index (χ0n) is 7.10. The first-order valence-corrected chi connectivity index (χ1v) is 4.49. The molecule has 0 aliphatic heterocycles. The van der Waals surface area contributed by atoms with Gasteiger partial charge in [-0.15, -0.1) is 11.6 Å². The molecule has 0 unspecified atom stereocenters. The van der Waals surface area contributed by atoms with Gasteiger partial charge in [0.15, 0.2) is 0 Å². The number of hydrogen-bond acceptors (Lipinski definition) is 2. The maximum Gasteiger partial charge on any atom is 0.306 e. The lowest BCUT2D eigenvalue weighted by molar-refractivity contribution is -0.148. The molecule has 0 aliphatic rings. The molecule has 0 heterocycles. The van der Waals surface area contributed by atoms with Crippen molar-refractivity contribution < 1.29 is 9.53 Å². The third-order valence-corrected chi connectivity index (χ3v) is 1.69. The molecule has 1 atom stereocenters. The van der Waals surface area contributed by atoms with E-state index in [0.717, 1.165) is 6.42 Å². The molecule has 0 fully saturated rings. The molecule has 0 aromatic carbocycles. The van der Waals surface area contributed by atoms with Crippen LogP contribution in [-0.4, -0.2) is 18.0 Å². The Hall–Kier alpha value is -0.240. The van der Waals surface area contributed by atoms with Gasteiger partial charge in [0.1, 0.15) is 0 Å². The van der Waals surface area contributed by atoms with Gasteiger partial charge in [-0.05, 0) is 19.8 Å². The molecular weight excluding hydrogens is 164 g/mol. The molecule has 66 valence electrons. The van der Waals surface area contributed by atoms with E-state index >= 15 is 0 Å². The minimum Gasteiger partial charge on any atom is -0.463 e. The number of carbonyl (C=O) groups excluding carboxylic acids is 1. The van der Waals surface area contributed by atoms with Gasteiger partial charge in [0.05, 0.1) is 6.10 Å². The molecule has 0 aromatic heterocycles. The molecule has 0 bridgehead atoms. The SMILES string of the molecule is CC[C@H](C)OC(=O)CCCCl. The lowest BCUT2D eigenvalue weighted by Crippen LogP contribution is -2.13. The van der Waals surface area contributed by atoms with E-state index in [9.17, 15) is 4.79 Å². The summed E-state index contributed by atoms with van der Waals surface area (Å²) in [4.78, 5) is 10.9. The zero-order valence-corrected chi connectivity index (χ0v) is 7.86. The predicted octanol–water partition coefficient (Wildman–Crippen LogP) is 2.35. The van der Waals surface area contributed by atoms with E-state index in [1.165, 1.54) is 0 Å². The van der Waals surface area contributed by atoms with E-state index in [0.29, 0.717) is 18.7 Å². The first kappa shape index (κ1) is 10.8. The minimum atomic E-state index is -0.139. The molecule has 0 N–H and O–H groups in total. The molecule has 0 saturated heterocycles. The van der Waals surface area contributed by atoms with Crippen LogP contribution in [0.3, 0.4) is 0 Å². The van der Waals surface area contributed by atoms with Crippen LogP contribution in [0.15, 0.2) is 0 Å². The average molecular weight is 179 g/mol. The molecule has 0 aliphatic carbocycles. The summed E-state index contributed by atoms with van der Waals surface area (Å²) < 4.78 is 5.00. The Morgan fingerprint density at radius 3 is 2.73 bits per heavy atom. The zero-order chi connectivity index (χ0) is 8.69. The Balaban J connectivity index is 3.36. The van der Waals surface area contributed by atoms with Crippen LogP contribution in [0.1, 0.15) is 33.1 Å². The van der Waals surface area contributed by atoms with Crippen LogP contribution in [0.25, 0.3) is 0 Å². The van der Waals surface area contributed by atoms with Gasteiger partial charge in [-0.2, -0.15) is 0 Å². The number of rotatable bonds is 5. The maximum absolute atomic E-state index is 10.9. The fourth-order valence-corrected chi connectivity index (χ4v) is 0.711. The van der Waals surface area contributed by atoms with Gasteiger partial charge >= 0.3 is 5.97 Å². The van der Waals surface area contributed by atoms with Gasteiger partial charge in [-0.25, -0.2) is 0 Å². The molecule has 0 aromatic rings. The maximum atomic E-state index is 10.9. The molecule has 2 nitrogen and oxygen atoms in total. The predicted molar refractivity (Wildman–Crippen MR) is 45.8 cm³/mol. The summed E-state index contributed by atoms with van der Waals surface area (Å²) in [5.41, 5.74) is 0. The summed E-state index contributed by atoms with van der Waals surface area (Å²) in [5, 5.41) is 0. The molecule has 0 radical (unpaired) electrons. The van der Waals surface area contributed by atoms with E-state index in [2.05, 4.69) is 0 Å². The standard InChI is InChI=1S/C8H15ClO2/c1-3-7(2)11-8(10)5-4-6-9/h7H,3-6H2,1-2H3/t7-/m0/s1. The van der Waals surface area contributed by atoms with Gasteiger partial charge < -0.3 is 4.74 Å². The fourth-order valence-electron chi connectivity index (χ4n) is 0.578. The summed E-state index contributed by atoms with van der Waals surface area (Å²) >= 11 is 5.41. The van der Waals surface area contributed by atoms with E-state index in [1.54, 1.807) is 0 Å². The van der Waals surface area contributed by atoms with Crippen molar-refractivity contribution in [1.29, 1.82) is 0 Å². The summed E-state index contributed by atoms with van der Waals surface area (Å²) in [6.07, 6.45) is 2.05. The van der Waals surface area contributed by atoms with Crippen molar-refractivity contribution >= 4 is 17.6 Å². The van der Waals surface area contributed by atoms with Crippen LogP contribution >= 0.6 is 11.6 Å². The highest BCUT2D eigenvalue weighted by molar-refractivity contribution is 6.17. The second-order valence-electron chi connectivity index (χ2n) is 2.50. The lowest BCUT2D eigenvalue weighted by atomic mass is 10.3. The Morgan fingerprint density at radius 1 is 1.64 bits per heavy atom.